The first kappa shape index (κ1) is 23.4. The number of guanidine groups is 1. The van der Waals surface area contributed by atoms with E-state index in [0.717, 1.165) is 58.1 Å². The van der Waals surface area contributed by atoms with Crippen molar-refractivity contribution in [1.29, 1.82) is 0 Å². The highest BCUT2D eigenvalue weighted by Gasteiger charge is 2.32. The van der Waals surface area contributed by atoms with Gasteiger partial charge in [-0.3, -0.25) is 4.99 Å². The molecule has 1 aromatic rings. The van der Waals surface area contributed by atoms with E-state index in [1.807, 2.05) is 7.05 Å². The predicted molar refractivity (Wildman–Crippen MR) is 122 cm³/mol. The summed E-state index contributed by atoms with van der Waals surface area (Å²) in [4.78, 5) is 6.78. The molecule has 2 unspecified atom stereocenters. The van der Waals surface area contributed by atoms with Gasteiger partial charge in [-0.1, -0.05) is 31.2 Å². The summed E-state index contributed by atoms with van der Waals surface area (Å²) in [5, 5.41) is 3.52. The normalized spacial score (nSPS) is 22.8. The van der Waals surface area contributed by atoms with Crippen LogP contribution in [0.15, 0.2) is 29.3 Å². The van der Waals surface area contributed by atoms with Crippen molar-refractivity contribution in [3.63, 3.8) is 0 Å². The van der Waals surface area contributed by atoms with Crippen molar-refractivity contribution in [3.05, 3.63) is 35.4 Å². The quantitative estimate of drug-likeness (QED) is 0.268. The van der Waals surface area contributed by atoms with E-state index in [1.165, 1.54) is 11.1 Å². The van der Waals surface area contributed by atoms with E-state index in [0.29, 0.717) is 13.2 Å². The zero-order chi connectivity index (χ0) is 18.9. The minimum atomic E-state index is 0. The summed E-state index contributed by atoms with van der Waals surface area (Å²) < 4.78 is 17.5. The Hall–Kier alpha value is -0.900. The maximum Gasteiger partial charge on any atom is 0.194 e. The summed E-state index contributed by atoms with van der Waals surface area (Å²) in [6.07, 6.45) is 3.62. The van der Waals surface area contributed by atoms with Gasteiger partial charge >= 0.3 is 0 Å². The van der Waals surface area contributed by atoms with E-state index in [4.69, 9.17) is 14.2 Å². The number of rotatable bonds is 7. The van der Waals surface area contributed by atoms with Crippen molar-refractivity contribution in [3.8, 4) is 0 Å². The van der Waals surface area contributed by atoms with E-state index < -0.39 is 0 Å². The molecule has 2 atom stereocenters. The molecule has 0 saturated carbocycles. The standard InChI is InChI=1S/C21H33N3O3.HI/c1-3-11-25-16-18-8-5-4-7-17(18)14-23-21(22-2)24-10-13-27-20(15-24)19-9-6-12-26-19;/h4-5,7-8,19-20H,3,6,9-16H2,1-2H3,(H,22,23);1H. The van der Waals surface area contributed by atoms with Gasteiger partial charge in [0.1, 0.15) is 6.10 Å². The maximum absolute atomic E-state index is 5.96. The lowest BCUT2D eigenvalue weighted by Crippen LogP contribution is -2.53. The van der Waals surface area contributed by atoms with Crippen LogP contribution in [-0.4, -0.2) is 63.0 Å². The van der Waals surface area contributed by atoms with E-state index in [2.05, 4.69) is 46.4 Å². The van der Waals surface area contributed by atoms with Crippen LogP contribution < -0.4 is 5.32 Å². The number of morpholine rings is 1. The zero-order valence-electron chi connectivity index (χ0n) is 17.1. The van der Waals surface area contributed by atoms with Gasteiger partial charge in [-0.25, -0.2) is 0 Å². The number of aliphatic imine (C=N–C) groups is 1. The minimum Gasteiger partial charge on any atom is -0.377 e. The number of hydrogen-bond donors (Lipinski definition) is 1. The first-order chi connectivity index (χ1) is 13.3. The molecule has 2 saturated heterocycles. The fourth-order valence-electron chi connectivity index (χ4n) is 3.69. The van der Waals surface area contributed by atoms with Crippen LogP contribution in [0, 0.1) is 0 Å². The molecule has 3 rings (SSSR count). The molecule has 0 bridgehead atoms. The second kappa shape index (κ2) is 12.6. The number of nitrogens with one attached hydrogen (secondary N) is 1. The Balaban J connectivity index is 0.00000280. The summed E-state index contributed by atoms with van der Waals surface area (Å²) in [6, 6.07) is 8.43. The molecule has 2 fully saturated rings. The number of nitrogens with zero attached hydrogens (tertiary/aromatic N) is 2. The molecule has 1 aromatic carbocycles. The third-order valence-corrected chi connectivity index (χ3v) is 5.15. The molecule has 0 aliphatic carbocycles. The van der Waals surface area contributed by atoms with Gasteiger partial charge in [0.15, 0.2) is 5.96 Å². The van der Waals surface area contributed by atoms with Gasteiger partial charge in [-0.05, 0) is 30.4 Å². The van der Waals surface area contributed by atoms with Gasteiger partial charge in [0, 0.05) is 39.9 Å². The molecule has 0 amide bonds. The minimum absolute atomic E-state index is 0. The van der Waals surface area contributed by atoms with Gasteiger partial charge in [-0.2, -0.15) is 0 Å². The topological polar surface area (TPSA) is 55.3 Å². The van der Waals surface area contributed by atoms with E-state index in [9.17, 15) is 0 Å². The fourth-order valence-corrected chi connectivity index (χ4v) is 3.69. The summed E-state index contributed by atoms with van der Waals surface area (Å²) in [7, 11) is 1.84. The van der Waals surface area contributed by atoms with Crippen LogP contribution in [0.4, 0.5) is 0 Å². The van der Waals surface area contributed by atoms with E-state index in [1.54, 1.807) is 0 Å². The number of benzene rings is 1. The maximum atomic E-state index is 5.96. The summed E-state index contributed by atoms with van der Waals surface area (Å²) >= 11 is 0. The summed E-state index contributed by atoms with van der Waals surface area (Å²) in [5.41, 5.74) is 2.48. The first-order valence-electron chi connectivity index (χ1n) is 10.1. The lowest BCUT2D eigenvalue weighted by Gasteiger charge is -2.37. The zero-order valence-corrected chi connectivity index (χ0v) is 19.4. The van der Waals surface area contributed by atoms with Crippen LogP contribution in [0.3, 0.4) is 0 Å². The number of halogens is 1. The first-order valence-corrected chi connectivity index (χ1v) is 10.1. The van der Waals surface area contributed by atoms with E-state index >= 15 is 0 Å². The summed E-state index contributed by atoms with van der Waals surface area (Å²) in [6.45, 7) is 7.56. The lowest BCUT2D eigenvalue weighted by atomic mass is 10.1. The second-order valence-electron chi connectivity index (χ2n) is 7.13. The molecule has 2 aliphatic rings. The number of ether oxygens (including phenoxy) is 3. The number of hydrogen-bond acceptors (Lipinski definition) is 4. The highest BCUT2D eigenvalue weighted by Crippen LogP contribution is 2.21. The Kier molecular flexibility index (Phi) is 10.5. The average Bonchev–Trinajstić information content (AvgIpc) is 3.25. The third kappa shape index (κ3) is 6.57. The van der Waals surface area contributed by atoms with Crippen LogP contribution in [0.25, 0.3) is 0 Å². The third-order valence-electron chi connectivity index (χ3n) is 5.15. The molecular weight excluding hydrogens is 469 g/mol. The highest BCUT2D eigenvalue weighted by molar-refractivity contribution is 14.0. The average molecular weight is 503 g/mol. The molecule has 28 heavy (non-hydrogen) atoms. The lowest BCUT2D eigenvalue weighted by molar-refractivity contribution is -0.0817. The molecule has 2 aliphatic heterocycles. The fraction of sp³-hybridized carbons (Fsp3) is 0.667. The van der Waals surface area contributed by atoms with Gasteiger partial charge in [0.25, 0.3) is 0 Å². The van der Waals surface area contributed by atoms with Gasteiger partial charge in [-0.15, -0.1) is 24.0 Å². The Bertz CT molecular complexity index is 608. The Labute approximate surface area is 186 Å². The molecule has 1 N–H and O–H groups in total. The molecule has 158 valence electrons. The Morgan fingerprint density at radius 1 is 1.21 bits per heavy atom. The highest BCUT2D eigenvalue weighted by atomic mass is 127. The monoisotopic (exact) mass is 503 g/mol. The van der Waals surface area contributed by atoms with Crippen molar-refractivity contribution >= 4 is 29.9 Å². The van der Waals surface area contributed by atoms with Crippen molar-refractivity contribution in [2.75, 3.05) is 40.0 Å². The van der Waals surface area contributed by atoms with Crippen LogP contribution in [0.5, 0.6) is 0 Å². The van der Waals surface area contributed by atoms with Crippen LogP contribution in [0.2, 0.25) is 0 Å². The Morgan fingerprint density at radius 2 is 2.00 bits per heavy atom. The molecule has 0 aromatic heterocycles. The van der Waals surface area contributed by atoms with Crippen LogP contribution in [-0.2, 0) is 27.4 Å². The van der Waals surface area contributed by atoms with Crippen molar-refractivity contribution in [2.24, 2.45) is 4.99 Å². The predicted octanol–water partition coefficient (Wildman–Crippen LogP) is 3.19. The molecular formula is C21H34IN3O3. The van der Waals surface area contributed by atoms with Crippen molar-refractivity contribution in [2.45, 2.75) is 51.5 Å². The van der Waals surface area contributed by atoms with E-state index in [-0.39, 0.29) is 36.2 Å². The largest absolute Gasteiger partial charge is 0.377 e. The van der Waals surface area contributed by atoms with Gasteiger partial charge in [0.05, 0.1) is 19.3 Å². The molecule has 0 radical (unpaired) electrons. The van der Waals surface area contributed by atoms with Gasteiger partial charge in [0.2, 0.25) is 0 Å². The molecule has 2 heterocycles. The molecule has 0 spiro atoms. The van der Waals surface area contributed by atoms with Crippen molar-refractivity contribution in [1.82, 2.24) is 10.2 Å². The second-order valence-corrected chi connectivity index (χ2v) is 7.13. The van der Waals surface area contributed by atoms with Gasteiger partial charge < -0.3 is 24.4 Å². The molecule has 6 nitrogen and oxygen atoms in total. The molecule has 7 heteroatoms. The summed E-state index contributed by atoms with van der Waals surface area (Å²) in [5.74, 6) is 0.922. The SMILES string of the molecule is CCCOCc1ccccc1CNC(=NC)N1CCOC(C2CCCO2)C1.I. The van der Waals surface area contributed by atoms with Crippen LogP contribution in [0.1, 0.15) is 37.3 Å². The van der Waals surface area contributed by atoms with Crippen LogP contribution >= 0.6 is 24.0 Å². The Morgan fingerprint density at radius 3 is 2.71 bits per heavy atom. The van der Waals surface area contributed by atoms with Crippen molar-refractivity contribution < 1.29 is 14.2 Å². The smallest absolute Gasteiger partial charge is 0.194 e.